The molecule has 0 fully saturated rings. The highest BCUT2D eigenvalue weighted by molar-refractivity contribution is 6.30. The molecule has 2 N–H and O–H groups in total. The predicted molar refractivity (Wildman–Crippen MR) is 95.5 cm³/mol. The maximum absolute atomic E-state index is 6.16. The van der Waals surface area contributed by atoms with Gasteiger partial charge in [-0.2, -0.15) is 0 Å². The first-order valence-electron chi connectivity index (χ1n) is 7.68. The van der Waals surface area contributed by atoms with Gasteiger partial charge in [-0.15, -0.1) is 0 Å². The van der Waals surface area contributed by atoms with Gasteiger partial charge in [-0.1, -0.05) is 17.7 Å². The number of hydrogen-bond acceptors (Lipinski definition) is 5. The molecule has 0 aliphatic carbocycles. The first-order valence-corrected chi connectivity index (χ1v) is 8.06. The van der Waals surface area contributed by atoms with E-state index in [9.17, 15) is 0 Å². The van der Waals surface area contributed by atoms with E-state index in [2.05, 4.69) is 4.90 Å². The van der Waals surface area contributed by atoms with Gasteiger partial charge in [0.25, 0.3) is 0 Å². The zero-order chi connectivity index (χ0) is 17.3. The summed E-state index contributed by atoms with van der Waals surface area (Å²) in [6.07, 6.45) is 0. The van der Waals surface area contributed by atoms with E-state index in [4.69, 9.17) is 31.5 Å². The molecule has 1 unspecified atom stereocenters. The standard InChI is InChI=1S/C18H21ClN2O3/c1-22-15-7-11-10-21(13-6-4-5-12(19)8-13)14(9-20)16(11)18(24-3)17(15)23-2/h4-8,14H,9-10,20H2,1-3H3. The molecule has 128 valence electrons. The summed E-state index contributed by atoms with van der Waals surface area (Å²) in [7, 11) is 4.86. The molecule has 1 aliphatic rings. The van der Waals surface area contributed by atoms with Gasteiger partial charge in [-0.3, -0.25) is 0 Å². The van der Waals surface area contributed by atoms with Crippen LogP contribution in [0.15, 0.2) is 30.3 Å². The van der Waals surface area contributed by atoms with Crippen LogP contribution >= 0.6 is 11.6 Å². The Balaban J connectivity index is 2.14. The predicted octanol–water partition coefficient (Wildman–Crippen LogP) is 3.39. The van der Waals surface area contributed by atoms with Crippen molar-refractivity contribution in [2.45, 2.75) is 12.6 Å². The van der Waals surface area contributed by atoms with Crippen molar-refractivity contribution in [2.24, 2.45) is 5.73 Å². The van der Waals surface area contributed by atoms with Crippen molar-refractivity contribution in [1.29, 1.82) is 0 Å². The Labute approximate surface area is 146 Å². The second kappa shape index (κ2) is 6.79. The van der Waals surface area contributed by atoms with Crippen LogP contribution in [0, 0.1) is 0 Å². The summed E-state index contributed by atoms with van der Waals surface area (Å²) in [6.45, 7) is 1.15. The molecule has 0 radical (unpaired) electrons. The molecule has 0 spiro atoms. The summed E-state index contributed by atoms with van der Waals surface area (Å²) >= 11 is 6.16. The number of methoxy groups -OCH3 is 3. The van der Waals surface area contributed by atoms with Crippen LogP contribution in [0.3, 0.4) is 0 Å². The van der Waals surface area contributed by atoms with Crippen LogP contribution in [0.2, 0.25) is 5.02 Å². The van der Waals surface area contributed by atoms with Crippen molar-refractivity contribution in [2.75, 3.05) is 32.8 Å². The number of ether oxygens (including phenoxy) is 3. The van der Waals surface area contributed by atoms with E-state index in [1.54, 1.807) is 21.3 Å². The quantitative estimate of drug-likeness (QED) is 0.897. The van der Waals surface area contributed by atoms with Gasteiger partial charge in [0.05, 0.1) is 27.4 Å². The van der Waals surface area contributed by atoms with Crippen LogP contribution in [0.1, 0.15) is 17.2 Å². The number of nitrogens with zero attached hydrogens (tertiary/aromatic N) is 1. The van der Waals surface area contributed by atoms with E-state index < -0.39 is 0 Å². The summed E-state index contributed by atoms with van der Waals surface area (Å²) in [5.74, 6) is 1.91. The molecule has 1 atom stereocenters. The third-order valence-electron chi connectivity index (χ3n) is 4.37. The first-order chi connectivity index (χ1) is 11.6. The van der Waals surface area contributed by atoms with Gasteiger partial charge >= 0.3 is 0 Å². The van der Waals surface area contributed by atoms with Crippen LogP contribution in [0.4, 0.5) is 5.69 Å². The fourth-order valence-electron chi connectivity index (χ4n) is 3.35. The zero-order valence-corrected chi connectivity index (χ0v) is 14.8. The number of anilines is 1. The zero-order valence-electron chi connectivity index (χ0n) is 14.0. The number of rotatable bonds is 5. The van der Waals surface area contributed by atoms with Gasteiger partial charge in [0, 0.05) is 29.4 Å². The van der Waals surface area contributed by atoms with E-state index >= 15 is 0 Å². The SMILES string of the molecule is COc1cc2c(c(OC)c1OC)C(CN)N(c1cccc(Cl)c1)C2. The molecule has 3 rings (SSSR count). The second-order valence-electron chi connectivity index (χ2n) is 5.58. The highest BCUT2D eigenvalue weighted by Gasteiger charge is 2.35. The smallest absolute Gasteiger partial charge is 0.203 e. The third-order valence-corrected chi connectivity index (χ3v) is 4.60. The van der Waals surface area contributed by atoms with E-state index in [-0.39, 0.29) is 6.04 Å². The molecule has 6 heteroatoms. The lowest BCUT2D eigenvalue weighted by Gasteiger charge is -2.27. The lowest BCUT2D eigenvalue weighted by Crippen LogP contribution is -2.27. The molecule has 24 heavy (non-hydrogen) atoms. The van der Waals surface area contributed by atoms with Crippen molar-refractivity contribution >= 4 is 17.3 Å². The van der Waals surface area contributed by atoms with Gasteiger partial charge in [0.2, 0.25) is 5.75 Å². The number of nitrogens with two attached hydrogens (primary N) is 1. The second-order valence-corrected chi connectivity index (χ2v) is 6.01. The summed E-state index contributed by atoms with van der Waals surface area (Å²) in [5.41, 5.74) is 9.27. The van der Waals surface area contributed by atoms with E-state index in [1.807, 2.05) is 30.3 Å². The normalized spacial score (nSPS) is 16.0. The monoisotopic (exact) mass is 348 g/mol. The van der Waals surface area contributed by atoms with Gasteiger partial charge in [0.15, 0.2) is 11.5 Å². The molecular weight excluding hydrogens is 328 g/mol. The third kappa shape index (κ3) is 2.64. The van der Waals surface area contributed by atoms with E-state index in [0.717, 1.165) is 16.8 Å². The Morgan fingerprint density at radius 1 is 1.12 bits per heavy atom. The average Bonchev–Trinajstić information content (AvgIpc) is 2.98. The van der Waals surface area contributed by atoms with Gasteiger partial charge < -0.3 is 24.8 Å². The maximum atomic E-state index is 6.16. The van der Waals surface area contributed by atoms with E-state index in [1.165, 1.54) is 0 Å². The van der Waals surface area contributed by atoms with Crippen molar-refractivity contribution < 1.29 is 14.2 Å². The summed E-state index contributed by atoms with van der Waals surface area (Å²) in [4.78, 5) is 2.22. The van der Waals surface area contributed by atoms with Crippen molar-refractivity contribution in [3.8, 4) is 17.2 Å². The molecule has 0 saturated heterocycles. The van der Waals surface area contributed by atoms with Crippen LogP contribution in [-0.2, 0) is 6.54 Å². The average molecular weight is 349 g/mol. The minimum absolute atomic E-state index is 0.0202. The Bertz CT molecular complexity index is 751. The lowest BCUT2D eigenvalue weighted by molar-refractivity contribution is 0.321. The van der Waals surface area contributed by atoms with Crippen molar-refractivity contribution in [3.63, 3.8) is 0 Å². The molecule has 0 bridgehead atoms. The largest absolute Gasteiger partial charge is 0.493 e. The molecule has 0 amide bonds. The fourth-order valence-corrected chi connectivity index (χ4v) is 3.53. The molecule has 0 saturated carbocycles. The summed E-state index contributed by atoms with van der Waals surface area (Å²) < 4.78 is 16.6. The molecule has 5 nitrogen and oxygen atoms in total. The molecule has 1 aliphatic heterocycles. The highest BCUT2D eigenvalue weighted by Crippen LogP contribution is 2.50. The number of fused-ring (bicyclic) bond motifs is 1. The van der Waals surface area contributed by atoms with Crippen LogP contribution in [0.25, 0.3) is 0 Å². The molecule has 2 aromatic rings. The Kier molecular flexibility index (Phi) is 4.73. The Morgan fingerprint density at radius 3 is 2.46 bits per heavy atom. The topological polar surface area (TPSA) is 57.0 Å². The van der Waals surface area contributed by atoms with Gasteiger partial charge in [-0.25, -0.2) is 0 Å². The molecule has 1 heterocycles. The number of halogens is 1. The minimum atomic E-state index is -0.0202. The van der Waals surface area contributed by atoms with Crippen LogP contribution < -0.4 is 24.8 Å². The van der Waals surface area contributed by atoms with E-state index in [0.29, 0.717) is 35.4 Å². The van der Waals surface area contributed by atoms with Gasteiger partial charge in [0.1, 0.15) is 0 Å². The first kappa shape index (κ1) is 16.7. The van der Waals surface area contributed by atoms with Crippen LogP contribution in [-0.4, -0.2) is 27.9 Å². The van der Waals surface area contributed by atoms with Gasteiger partial charge in [-0.05, 0) is 29.8 Å². The van der Waals surface area contributed by atoms with Crippen molar-refractivity contribution in [1.82, 2.24) is 0 Å². The Morgan fingerprint density at radius 2 is 1.88 bits per heavy atom. The molecule has 2 aromatic carbocycles. The Hall–Kier alpha value is -2.11. The minimum Gasteiger partial charge on any atom is -0.493 e. The molecular formula is C18H21ClN2O3. The number of hydrogen-bond donors (Lipinski definition) is 1. The lowest BCUT2D eigenvalue weighted by atomic mass is 10.0. The summed E-state index contributed by atoms with van der Waals surface area (Å²) in [5, 5.41) is 0.696. The number of benzene rings is 2. The van der Waals surface area contributed by atoms with Crippen LogP contribution in [0.5, 0.6) is 17.2 Å². The maximum Gasteiger partial charge on any atom is 0.203 e. The van der Waals surface area contributed by atoms with Crippen molar-refractivity contribution in [3.05, 3.63) is 46.5 Å². The molecule has 0 aromatic heterocycles. The highest BCUT2D eigenvalue weighted by atomic mass is 35.5. The summed E-state index contributed by atoms with van der Waals surface area (Å²) in [6, 6.07) is 9.74. The fraction of sp³-hybridized carbons (Fsp3) is 0.333.